The maximum Gasteiger partial charge on any atom is 0.0641 e. The molecule has 0 radical (unpaired) electrons. The molecule has 3 atom stereocenters. The van der Waals surface area contributed by atoms with Crippen molar-refractivity contribution >= 4 is 0 Å². The van der Waals surface area contributed by atoms with Crippen molar-refractivity contribution in [3.63, 3.8) is 0 Å². The SMILES string of the molecule is CCC1CN2CCCCC2CN1C1CCOC(C)(C)C1. The second kappa shape index (κ2) is 5.94. The Kier molecular flexibility index (Phi) is 4.40. The molecule has 3 saturated heterocycles. The number of hydrogen-bond donors (Lipinski definition) is 0. The van der Waals surface area contributed by atoms with Crippen LogP contribution < -0.4 is 0 Å². The summed E-state index contributed by atoms with van der Waals surface area (Å²) in [5.41, 5.74) is 0.0743. The number of piperidine rings is 1. The van der Waals surface area contributed by atoms with Crippen molar-refractivity contribution in [2.24, 2.45) is 0 Å². The Hall–Kier alpha value is -0.120. The molecular formula is C17H32N2O. The van der Waals surface area contributed by atoms with Gasteiger partial charge in [0.15, 0.2) is 0 Å². The minimum Gasteiger partial charge on any atom is -0.375 e. The fourth-order valence-electron chi connectivity index (χ4n) is 4.57. The van der Waals surface area contributed by atoms with Crippen LogP contribution in [0.2, 0.25) is 0 Å². The molecule has 116 valence electrons. The van der Waals surface area contributed by atoms with E-state index in [0.717, 1.165) is 24.7 Å². The highest BCUT2D eigenvalue weighted by molar-refractivity contribution is 4.95. The topological polar surface area (TPSA) is 15.7 Å². The Morgan fingerprint density at radius 1 is 1.10 bits per heavy atom. The summed E-state index contributed by atoms with van der Waals surface area (Å²) in [5, 5.41) is 0. The van der Waals surface area contributed by atoms with Crippen molar-refractivity contribution in [3.8, 4) is 0 Å². The van der Waals surface area contributed by atoms with Gasteiger partial charge in [-0.25, -0.2) is 0 Å². The van der Waals surface area contributed by atoms with Crippen LogP contribution >= 0.6 is 0 Å². The lowest BCUT2D eigenvalue weighted by Gasteiger charge is -2.53. The zero-order chi connectivity index (χ0) is 14.2. The van der Waals surface area contributed by atoms with Gasteiger partial charge in [-0.1, -0.05) is 13.3 Å². The number of hydrogen-bond acceptors (Lipinski definition) is 3. The molecule has 20 heavy (non-hydrogen) atoms. The Labute approximate surface area is 124 Å². The van der Waals surface area contributed by atoms with Crippen LogP contribution in [-0.2, 0) is 4.74 Å². The third-order valence-corrected chi connectivity index (χ3v) is 5.70. The minimum atomic E-state index is 0.0743. The highest BCUT2D eigenvalue weighted by Gasteiger charge is 2.40. The van der Waals surface area contributed by atoms with Crippen LogP contribution in [0.5, 0.6) is 0 Å². The molecule has 0 aliphatic carbocycles. The Morgan fingerprint density at radius 2 is 1.95 bits per heavy atom. The number of piperazine rings is 1. The summed E-state index contributed by atoms with van der Waals surface area (Å²) in [6.07, 6.45) is 7.99. The summed E-state index contributed by atoms with van der Waals surface area (Å²) in [6.45, 7) is 11.8. The smallest absolute Gasteiger partial charge is 0.0641 e. The third kappa shape index (κ3) is 3.05. The van der Waals surface area contributed by atoms with E-state index in [1.807, 2.05) is 0 Å². The second-order valence-corrected chi connectivity index (χ2v) is 7.66. The van der Waals surface area contributed by atoms with Crippen molar-refractivity contribution in [3.05, 3.63) is 0 Å². The first-order chi connectivity index (χ1) is 9.59. The van der Waals surface area contributed by atoms with Crippen LogP contribution in [0.25, 0.3) is 0 Å². The van der Waals surface area contributed by atoms with Crippen molar-refractivity contribution < 1.29 is 4.74 Å². The molecule has 0 bridgehead atoms. The van der Waals surface area contributed by atoms with E-state index in [9.17, 15) is 0 Å². The van der Waals surface area contributed by atoms with E-state index in [2.05, 4.69) is 30.6 Å². The Balaban J connectivity index is 1.70. The van der Waals surface area contributed by atoms with Gasteiger partial charge >= 0.3 is 0 Å². The summed E-state index contributed by atoms with van der Waals surface area (Å²) in [4.78, 5) is 5.63. The molecule has 3 heterocycles. The van der Waals surface area contributed by atoms with Gasteiger partial charge in [-0.05, 0) is 52.5 Å². The van der Waals surface area contributed by atoms with Crippen molar-refractivity contribution in [1.82, 2.24) is 9.80 Å². The van der Waals surface area contributed by atoms with Gasteiger partial charge < -0.3 is 4.74 Å². The molecule has 3 fully saturated rings. The van der Waals surface area contributed by atoms with Crippen LogP contribution in [0.4, 0.5) is 0 Å². The molecule has 0 aromatic carbocycles. The number of nitrogens with zero attached hydrogens (tertiary/aromatic N) is 2. The highest BCUT2D eigenvalue weighted by atomic mass is 16.5. The van der Waals surface area contributed by atoms with Crippen LogP contribution in [0.3, 0.4) is 0 Å². The van der Waals surface area contributed by atoms with Crippen molar-refractivity contribution in [2.45, 2.75) is 83.0 Å². The van der Waals surface area contributed by atoms with Crippen LogP contribution in [-0.4, -0.2) is 59.8 Å². The van der Waals surface area contributed by atoms with Gasteiger partial charge in [-0.15, -0.1) is 0 Å². The monoisotopic (exact) mass is 280 g/mol. The molecule has 3 aliphatic rings. The first-order valence-electron chi connectivity index (χ1n) is 8.73. The first-order valence-corrected chi connectivity index (χ1v) is 8.73. The molecule has 3 heteroatoms. The molecule has 3 nitrogen and oxygen atoms in total. The van der Waals surface area contributed by atoms with E-state index in [1.54, 1.807) is 0 Å². The van der Waals surface area contributed by atoms with E-state index in [4.69, 9.17) is 4.74 Å². The van der Waals surface area contributed by atoms with Gasteiger partial charge in [0.25, 0.3) is 0 Å². The molecule has 0 N–H and O–H groups in total. The lowest BCUT2D eigenvalue weighted by Crippen LogP contribution is -2.63. The van der Waals surface area contributed by atoms with Gasteiger partial charge in [0.05, 0.1) is 5.60 Å². The van der Waals surface area contributed by atoms with Gasteiger partial charge in [0.2, 0.25) is 0 Å². The van der Waals surface area contributed by atoms with Crippen molar-refractivity contribution in [1.29, 1.82) is 0 Å². The maximum atomic E-state index is 5.92. The standard InChI is InChI=1S/C17H32N2O/c1-4-14-12-18-9-6-5-7-16(18)13-19(14)15-8-10-20-17(2,3)11-15/h14-16H,4-13H2,1-3H3. The molecule has 0 saturated carbocycles. The van der Waals surface area contributed by atoms with Crippen molar-refractivity contribution in [2.75, 3.05) is 26.2 Å². The Bertz CT molecular complexity index is 331. The minimum absolute atomic E-state index is 0.0743. The quantitative estimate of drug-likeness (QED) is 0.773. The summed E-state index contributed by atoms with van der Waals surface area (Å²) in [7, 11) is 0. The van der Waals surface area contributed by atoms with Crippen LogP contribution in [0.15, 0.2) is 0 Å². The lowest BCUT2D eigenvalue weighted by atomic mass is 9.88. The summed E-state index contributed by atoms with van der Waals surface area (Å²) in [6, 6.07) is 2.34. The van der Waals surface area contributed by atoms with E-state index in [1.165, 1.54) is 58.2 Å². The zero-order valence-electron chi connectivity index (χ0n) is 13.6. The van der Waals surface area contributed by atoms with Crippen LogP contribution in [0, 0.1) is 0 Å². The Morgan fingerprint density at radius 3 is 2.70 bits per heavy atom. The number of ether oxygens (including phenoxy) is 1. The molecule has 0 spiro atoms. The summed E-state index contributed by atoms with van der Waals surface area (Å²) in [5.74, 6) is 0. The van der Waals surface area contributed by atoms with Gasteiger partial charge in [-0.2, -0.15) is 0 Å². The number of fused-ring (bicyclic) bond motifs is 1. The molecule has 0 amide bonds. The van der Waals surface area contributed by atoms with Gasteiger partial charge in [0, 0.05) is 37.8 Å². The van der Waals surface area contributed by atoms with E-state index in [0.29, 0.717) is 0 Å². The predicted octanol–water partition coefficient (Wildman–Crippen LogP) is 2.89. The van der Waals surface area contributed by atoms with E-state index in [-0.39, 0.29) is 5.60 Å². The van der Waals surface area contributed by atoms with E-state index >= 15 is 0 Å². The number of rotatable bonds is 2. The molecular weight excluding hydrogens is 248 g/mol. The first kappa shape index (κ1) is 14.8. The third-order valence-electron chi connectivity index (χ3n) is 5.70. The largest absolute Gasteiger partial charge is 0.375 e. The second-order valence-electron chi connectivity index (χ2n) is 7.66. The van der Waals surface area contributed by atoms with Gasteiger partial charge in [0.1, 0.15) is 0 Å². The fraction of sp³-hybridized carbons (Fsp3) is 1.00. The van der Waals surface area contributed by atoms with E-state index < -0.39 is 0 Å². The summed E-state index contributed by atoms with van der Waals surface area (Å²) < 4.78 is 5.92. The molecule has 0 aromatic rings. The average molecular weight is 280 g/mol. The fourth-order valence-corrected chi connectivity index (χ4v) is 4.57. The highest BCUT2D eigenvalue weighted by Crippen LogP contribution is 2.33. The van der Waals surface area contributed by atoms with Crippen LogP contribution in [0.1, 0.15) is 59.3 Å². The van der Waals surface area contributed by atoms with Gasteiger partial charge in [-0.3, -0.25) is 9.80 Å². The predicted molar refractivity (Wildman–Crippen MR) is 83.1 cm³/mol. The molecule has 3 rings (SSSR count). The molecule has 0 aromatic heterocycles. The normalized spacial score (nSPS) is 39.5. The average Bonchev–Trinajstić information content (AvgIpc) is 2.44. The molecule has 3 aliphatic heterocycles. The molecule has 3 unspecified atom stereocenters. The summed E-state index contributed by atoms with van der Waals surface area (Å²) >= 11 is 0. The zero-order valence-corrected chi connectivity index (χ0v) is 13.6. The lowest BCUT2D eigenvalue weighted by molar-refractivity contribution is -0.106. The maximum absolute atomic E-state index is 5.92.